The number of hydrogen-bond donors (Lipinski definition) is 2. The highest BCUT2D eigenvalue weighted by Gasteiger charge is 2.11. The van der Waals surface area contributed by atoms with Crippen molar-refractivity contribution < 1.29 is 23.4 Å². The lowest BCUT2D eigenvalue weighted by molar-refractivity contribution is 0.103. The zero-order chi connectivity index (χ0) is 23.0. The zero-order valence-electron chi connectivity index (χ0n) is 18.1. The highest BCUT2D eigenvalue weighted by Crippen LogP contribution is 2.28. The van der Waals surface area contributed by atoms with E-state index in [4.69, 9.17) is 14.2 Å². The molecule has 0 amide bonds. The molecule has 0 saturated heterocycles. The van der Waals surface area contributed by atoms with Crippen molar-refractivity contribution in [2.75, 3.05) is 19.8 Å². The molecule has 2 aromatic heterocycles. The van der Waals surface area contributed by atoms with Crippen LogP contribution in [0.4, 0.5) is 9.18 Å². The summed E-state index contributed by atoms with van der Waals surface area (Å²) >= 11 is 0. The predicted octanol–water partition coefficient (Wildman–Crippen LogP) is 5.07. The highest BCUT2D eigenvalue weighted by molar-refractivity contribution is 5.87. The molecule has 0 unspecified atom stereocenters. The SMILES string of the molecule is CCOC(=O)Oc1cc2cccc(OCCNCc3cncc(-c4cccc(F)c4)c3)c2[nH]1. The fraction of sp³-hybridized carbons (Fsp3) is 0.200. The second-order valence-corrected chi connectivity index (χ2v) is 7.26. The fourth-order valence-corrected chi connectivity index (χ4v) is 3.39. The first-order valence-electron chi connectivity index (χ1n) is 10.6. The maximum atomic E-state index is 13.5. The predicted molar refractivity (Wildman–Crippen MR) is 123 cm³/mol. The van der Waals surface area contributed by atoms with Gasteiger partial charge in [-0.15, -0.1) is 0 Å². The van der Waals surface area contributed by atoms with Crippen LogP contribution in [0.5, 0.6) is 11.6 Å². The number of hydrogen-bond acceptors (Lipinski definition) is 6. The van der Waals surface area contributed by atoms with Gasteiger partial charge in [-0.1, -0.05) is 24.3 Å². The molecule has 0 spiro atoms. The number of aromatic amines is 1. The van der Waals surface area contributed by atoms with Crippen LogP contribution in [0.3, 0.4) is 0 Å². The van der Waals surface area contributed by atoms with Crippen LogP contribution in [0, 0.1) is 5.82 Å². The maximum Gasteiger partial charge on any atom is 0.515 e. The van der Waals surface area contributed by atoms with E-state index < -0.39 is 6.16 Å². The monoisotopic (exact) mass is 449 g/mol. The molecule has 0 aliphatic carbocycles. The Hall–Kier alpha value is -3.91. The molecular weight excluding hydrogens is 425 g/mol. The van der Waals surface area contributed by atoms with Gasteiger partial charge in [-0.05, 0) is 42.3 Å². The van der Waals surface area contributed by atoms with Crippen LogP contribution < -0.4 is 14.8 Å². The fourth-order valence-electron chi connectivity index (χ4n) is 3.39. The summed E-state index contributed by atoms with van der Waals surface area (Å²) in [6.45, 7) is 3.59. The normalized spacial score (nSPS) is 10.8. The summed E-state index contributed by atoms with van der Waals surface area (Å²) in [6, 6.07) is 15.8. The lowest BCUT2D eigenvalue weighted by Crippen LogP contribution is -2.20. The van der Waals surface area contributed by atoms with Crippen LogP contribution in [0.15, 0.2) is 67.0 Å². The number of rotatable bonds is 9. The molecule has 0 fully saturated rings. The number of nitrogens with one attached hydrogen (secondary N) is 2. The second-order valence-electron chi connectivity index (χ2n) is 7.26. The van der Waals surface area contributed by atoms with Crippen LogP contribution in [-0.2, 0) is 11.3 Å². The molecule has 4 rings (SSSR count). The minimum atomic E-state index is -0.758. The number of aromatic nitrogens is 2. The average Bonchev–Trinajstić information content (AvgIpc) is 3.22. The summed E-state index contributed by atoms with van der Waals surface area (Å²) in [6.07, 6.45) is 2.74. The van der Waals surface area contributed by atoms with E-state index in [1.807, 2.05) is 30.3 Å². The Balaban J connectivity index is 1.30. The summed E-state index contributed by atoms with van der Waals surface area (Å²) in [5.41, 5.74) is 3.38. The molecule has 2 heterocycles. The van der Waals surface area contributed by atoms with Gasteiger partial charge in [0.2, 0.25) is 5.88 Å². The first-order valence-corrected chi connectivity index (χ1v) is 10.6. The van der Waals surface area contributed by atoms with Gasteiger partial charge in [-0.25, -0.2) is 9.18 Å². The van der Waals surface area contributed by atoms with Gasteiger partial charge in [0.1, 0.15) is 18.2 Å². The third-order valence-electron chi connectivity index (χ3n) is 4.87. The van der Waals surface area contributed by atoms with Crippen molar-refractivity contribution in [1.29, 1.82) is 0 Å². The number of pyridine rings is 1. The van der Waals surface area contributed by atoms with Crippen LogP contribution in [0.1, 0.15) is 12.5 Å². The molecule has 2 aromatic carbocycles. The van der Waals surface area contributed by atoms with Crippen LogP contribution in [-0.4, -0.2) is 35.9 Å². The quantitative estimate of drug-likeness (QED) is 0.274. The van der Waals surface area contributed by atoms with E-state index >= 15 is 0 Å². The Labute approximate surface area is 190 Å². The largest absolute Gasteiger partial charge is 0.515 e. The zero-order valence-corrected chi connectivity index (χ0v) is 18.1. The molecule has 0 radical (unpaired) electrons. The summed E-state index contributed by atoms with van der Waals surface area (Å²) in [4.78, 5) is 18.8. The van der Waals surface area contributed by atoms with E-state index in [9.17, 15) is 9.18 Å². The number of benzene rings is 2. The Morgan fingerprint density at radius 2 is 1.97 bits per heavy atom. The van der Waals surface area contributed by atoms with Gasteiger partial charge in [-0.3, -0.25) is 4.98 Å². The number of nitrogens with zero attached hydrogens (tertiary/aromatic N) is 1. The Kier molecular flexibility index (Phi) is 7.16. The smallest absolute Gasteiger partial charge is 0.490 e. The molecular formula is C25H24FN3O4. The van der Waals surface area contributed by atoms with Gasteiger partial charge in [0, 0.05) is 42.5 Å². The first kappa shape index (κ1) is 22.3. The van der Waals surface area contributed by atoms with Crippen LogP contribution >= 0.6 is 0 Å². The molecule has 0 aliphatic rings. The first-order chi connectivity index (χ1) is 16.1. The van der Waals surface area contributed by atoms with Crippen molar-refractivity contribution in [2.24, 2.45) is 0 Å². The van der Waals surface area contributed by atoms with Gasteiger partial charge in [-0.2, -0.15) is 0 Å². The van der Waals surface area contributed by atoms with E-state index in [2.05, 4.69) is 15.3 Å². The van der Waals surface area contributed by atoms with Gasteiger partial charge in [0.15, 0.2) is 0 Å². The molecule has 0 atom stereocenters. The van der Waals surface area contributed by atoms with E-state index in [0.717, 1.165) is 27.6 Å². The van der Waals surface area contributed by atoms with Crippen molar-refractivity contribution in [3.05, 3.63) is 78.4 Å². The van der Waals surface area contributed by atoms with Gasteiger partial charge < -0.3 is 24.5 Å². The Morgan fingerprint density at radius 1 is 1.09 bits per heavy atom. The Bertz CT molecular complexity index is 1240. The molecule has 0 saturated carbocycles. The minimum Gasteiger partial charge on any atom is -0.490 e. The summed E-state index contributed by atoms with van der Waals surface area (Å²) in [5.74, 6) is 0.677. The van der Waals surface area contributed by atoms with Crippen molar-refractivity contribution in [1.82, 2.24) is 15.3 Å². The number of carbonyl (C=O) groups excluding carboxylic acids is 1. The molecule has 4 aromatic rings. The van der Waals surface area contributed by atoms with Gasteiger partial charge in [0.25, 0.3) is 0 Å². The molecule has 0 aliphatic heterocycles. The van der Waals surface area contributed by atoms with E-state index in [0.29, 0.717) is 31.3 Å². The van der Waals surface area contributed by atoms with Gasteiger partial charge >= 0.3 is 6.16 Å². The van der Waals surface area contributed by atoms with E-state index in [1.165, 1.54) is 12.1 Å². The molecule has 7 nitrogen and oxygen atoms in total. The lowest BCUT2D eigenvalue weighted by Gasteiger charge is -2.09. The third-order valence-corrected chi connectivity index (χ3v) is 4.87. The number of H-pyrrole nitrogens is 1. The van der Waals surface area contributed by atoms with Crippen LogP contribution in [0.25, 0.3) is 22.0 Å². The van der Waals surface area contributed by atoms with Crippen molar-refractivity contribution in [3.8, 4) is 22.8 Å². The Morgan fingerprint density at radius 3 is 2.82 bits per heavy atom. The standard InChI is InChI=1S/C25H24FN3O4/c1-2-31-25(30)33-23-13-19-6-4-8-22(24(19)29-23)32-10-9-27-14-17-11-20(16-28-15-17)18-5-3-7-21(26)12-18/h3-8,11-13,15-16,27,29H,2,9-10,14H2,1H3. The summed E-state index contributed by atoms with van der Waals surface area (Å²) < 4.78 is 29.3. The van der Waals surface area contributed by atoms with Crippen molar-refractivity contribution in [2.45, 2.75) is 13.5 Å². The number of carbonyl (C=O) groups is 1. The lowest BCUT2D eigenvalue weighted by atomic mass is 10.1. The molecule has 0 bridgehead atoms. The van der Waals surface area contributed by atoms with Gasteiger partial charge in [0.05, 0.1) is 12.1 Å². The summed E-state index contributed by atoms with van der Waals surface area (Å²) in [7, 11) is 0. The highest BCUT2D eigenvalue weighted by atomic mass is 19.1. The minimum absolute atomic E-state index is 0.242. The topological polar surface area (TPSA) is 85.5 Å². The number of para-hydroxylation sites is 1. The maximum absolute atomic E-state index is 13.5. The van der Waals surface area contributed by atoms with Crippen molar-refractivity contribution >= 4 is 17.1 Å². The molecule has 170 valence electrons. The molecule has 2 N–H and O–H groups in total. The summed E-state index contributed by atoms with van der Waals surface area (Å²) in [5, 5.41) is 4.18. The third kappa shape index (κ3) is 5.87. The number of halogens is 1. The second kappa shape index (κ2) is 10.6. The van der Waals surface area contributed by atoms with E-state index in [1.54, 1.807) is 31.5 Å². The van der Waals surface area contributed by atoms with E-state index in [-0.39, 0.29) is 12.4 Å². The molecule has 33 heavy (non-hydrogen) atoms. The number of fused-ring (bicyclic) bond motifs is 1. The molecule has 8 heteroatoms. The van der Waals surface area contributed by atoms with Crippen LogP contribution in [0.2, 0.25) is 0 Å². The van der Waals surface area contributed by atoms with Crippen molar-refractivity contribution in [3.63, 3.8) is 0 Å². The average molecular weight is 449 g/mol. The number of ether oxygens (including phenoxy) is 3.